The van der Waals surface area contributed by atoms with Gasteiger partial charge in [-0.05, 0) is 48.9 Å². The number of nitrogens with one attached hydrogen (secondary N) is 2. The van der Waals surface area contributed by atoms with Crippen molar-refractivity contribution in [3.63, 3.8) is 0 Å². The Morgan fingerprint density at radius 2 is 1.77 bits per heavy atom. The van der Waals surface area contributed by atoms with E-state index < -0.39 is 11.8 Å². The number of anilines is 1. The van der Waals surface area contributed by atoms with Crippen molar-refractivity contribution in [1.82, 2.24) is 15.1 Å². The van der Waals surface area contributed by atoms with Gasteiger partial charge in [-0.2, -0.15) is 5.10 Å². The Balaban J connectivity index is 1.57. The maximum atomic E-state index is 12.0. The molecular weight excluding hydrogens is 352 g/mol. The molecule has 0 saturated heterocycles. The predicted molar refractivity (Wildman–Crippen MR) is 100 cm³/mol. The molecule has 6 nitrogen and oxygen atoms in total. The molecule has 1 aromatic heterocycles. The highest BCUT2D eigenvalue weighted by molar-refractivity contribution is 6.39. The van der Waals surface area contributed by atoms with Crippen molar-refractivity contribution in [1.29, 1.82) is 0 Å². The second-order valence-electron chi connectivity index (χ2n) is 5.68. The molecule has 0 atom stereocenters. The van der Waals surface area contributed by atoms with Gasteiger partial charge in [0, 0.05) is 16.9 Å². The zero-order valence-corrected chi connectivity index (χ0v) is 14.8. The fourth-order valence-corrected chi connectivity index (χ4v) is 2.46. The summed E-state index contributed by atoms with van der Waals surface area (Å²) < 4.78 is 1.67. The highest BCUT2D eigenvalue weighted by Gasteiger charge is 2.14. The van der Waals surface area contributed by atoms with Crippen LogP contribution in [0, 0.1) is 6.92 Å². The van der Waals surface area contributed by atoms with E-state index in [1.54, 1.807) is 41.2 Å². The third-order valence-electron chi connectivity index (χ3n) is 3.77. The van der Waals surface area contributed by atoms with Gasteiger partial charge in [0.1, 0.15) is 0 Å². The van der Waals surface area contributed by atoms with Crippen LogP contribution >= 0.6 is 11.6 Å². The number of rotatable bonds is 4. The summed E-state index contributed by atoms with van der Waals surface area (Å²) in [5, 5.41) is 10.2. The van der Waals surface area contributed by atoms with E-state index in [0.29, 0.717) is 16.4 Å². The number of para-hydroxylation sites is 1. The monoisotopic (exact) mass is 368 g/mol. The van der Waals surface area contributed by atoms with Crippen molar-refractivity contribution in [2.45, 2.75) is 13.5 Å². The summed E-state index contributed by atoms with van der Waals surface area (Å²) in [5.74, 6) is -1.43. The normalized spacial score (nSPS) is 10.4. The Labute approximate surface area is 155 Å². The van der Waals surface area contributed by atoms with Crippen molar-refractivity contribution >= 4 is 29.1 Å². The number of hydrogen-bond acceptors (Lipinski definition) is 3. The molecule has 3 rings (SSSR count). The van der Waals surface area contributed by atoms with E-state index in [-0.39, 0.29) is 6.54 Å². The van der Waals surface area contributed by atoms with E-state index in [0.717, 1.165) is 11.3 Å². The smallest absolute Gasteiger partial charge is 0.313 e. The highest BCUT2D eigenvalue weighted by Crippen LogP contribution is 2.14. The fraction of sp³-hybridized carbons (Fsp3) is 0.105. The molecule has 0 aliphatic rings. The van der Waals surface area contributed by atoms with Gasteiger partial charge in [0.25, 0.3) is 0 Å². The first kappa shape index (κ1) is 17.7. The lowest BCUT2D eigenvalue weighted by molar-refractivity contribution is -0.136. The largest absolute Gasteiger partial charge is 0.342 e. The number of carbonyl (C=O) groups excluding carboxylic acids is 2. The summed E-state index contributed by atoms with van der Waals surface area (Å²) in [5.41, 5.74) is 2.98. The van der Waals surface area contributed by atoms with Crippen molar-refractivity contribution in [2.24, 2.45) is 0 Å². The molecule has 0 unspecified atom stereocenters. The second kappa shape index (κ2) is 7.84. The molecule has 0 radical (unpaired) electrons. The van der Waals surface area contributed by atoms with Gasteiger partial charge in [0.15, 0.2) is 0 Å². The van der Waals surface area contributed by atoms with E-state index in [9.17, 15) is 9.59 Å². The van der Waals surface area contributed by atoms with Crippen LogP contribution in [0.2, 0.25) is 5.02 Å². The van der Waals surface area contributed by atoms with Crippen LogP contribution in [0.5, 0.6) is 0 Å². The first-order chi connectivity index (χ1) is 12.5. The molecule has 0 bridgehead atoms. The number of aromatic nitrogens is 2. The van der Waals surface area contributed by atoms with Crippen LogP contribution < -0.4 is 10.6 Å². The van der Waals surface area contributed by atoms with E-state index in [1.165, 1.54) is 0 Å². The first-order valence-electron chi connectivity index (χ1n) is 7.98. The van der Waals surface area contributed by atoms with Crippen molar-refractivity contribution in [3.05, 3.63) is 77.1 Å². The summed E-state index contributed by atoms with van der Waals surface area (Å²) in [6.07, 6.45) is 1.78. The molecule has 0 fully saturated rings. The Morgan fingerprint density at radius 3 is 2.50 bits per heavy atom. The van der Waals surface area contributed by atoms with E-state index >= 15 is 0 Å². The van der Waals surface area contributed by atoms with Gasteiger partial charge in [0.05, 0.1) is 17.9 Å². The lowest BCUT2D eigenvalue weighted by Gasteiger charge is -2.08. The standard InChI is InChI=1S/C19H17ClN4O2/c1-13-4-2-3-5-17(13)22-19(26)18(25)21-12-15-10-11-24(23-15)16-8-6-14(20)7-9-16/h2-11H,12H2,1H3,(H,21,25)(H,22,26). The fourth-order valence-electron chi connectivity index (χ4n) is 2.34. The molecule has 0 aliphatic heterocycles. The minimum Gasteiger partial charge on any atom is -0.342 e. The van der Waals surface area contributed by atoms with Gasteiger partial charge in [-0.25, -0.2) is 4.68 Å². The summed E-state index contributed by atoms with van der Waals surface area (Å²) >= 11 is 5.87. The molecule has 0 aliphatic carbocycles. The summed E-state index contributed by atoms with van der Waals surface area (Å²) in [7, 11) is 0. The third kappa shape index (κ3) is 4.29. The Kier molecular flexibility index (Phi) is 5.34. The molecule has 2 amide bonds. The van der Waals surface area contributed by atoms with Crippen molar-refractivity contribution < 1.29 is 9.59 Å². The Bertz CT molecular complexity index is 935. The molecule has 1 heterocycles. The molecule has 2 aromatic carbocycles. The maximum Gasteiger partial charge on any atom is 0.313 e. The number of amides is 2. The maximum absolute atomic E-state index is 12.0. The van der Waals surface area contributed by atoms with Gasteiger partial charge in [-0.15, -0.1) is 0 Å². The summed E-state index contributed by atoms with van der Waals surface area (Å²) in [6.45, 7) is 2.01. The average molecular weight is 369 g/mol. The molecule has 0 spiro atoms. The number of aryl methyl sites for hydroxylation is 1. The Morgan fingerprint density at radius 1 is 1.04 bits per heavy atom. The lowest BCUT2D eigenvalue weighted by atomic mass is 10.2. The first-order valence-corrected chi connectivity index (χ1v) is 8.36. The predicted octanol–water partition coefficient (Wildman–Crippen LogP) is 3.09. The summed E-state index contributed by atoms with van der Waals surface area (Å²) in [6, 6.07) is 16.3. The average Bonchev–Trinajstić information content (AvgIpc) is 3.11. The van der Waals surface area contributed by atoms with Gasteiger partial charge in [0.2, 0.25) is 0 Å². The number of nitrogens with zero attached hydrogens (tertiary/aromatic N) is 2. The number of hydrogen-bond donors (Lipinski definition) is 2. The van der Waals surface area contributed by atoms with Crippen LogP contribution in [0.1, 0.15) is 11.3 Å². The van der Waals surface area contributed by atoms with Crippen LogP contribution in [0.4, 0.5) is 5.69 Å². The molecule has 7 heteroatoms. The zero-order chi connectivity index (χ0) is 18.5. The van der Waals surface area contributed by atoms with Crippen LogP contribution in [-0.2, 0) is 16.1 Å². The van der Waals surface area contributed by atoms with Gasteiger partial charge >= 0.3 is 11.8 Å². The Hall–Kier alpha value is -3.12. The number of halogens is 1. The van der Waals surface area contributed by atoms with Crippen LogP contribution in [-0.4, -0.2) is 21.6 Å². The molecule has 132 valence electrons. The molecular formula is C19H17ClN4O2. The topological polar surface area (TPSA) is 76.0 Å². The number of benzene rings is 2. The highest BCUT2D eigenvalue weighted by atomic mass is 35.5. The van der Waals surface area contributed by atoms with E-state index in [1.807, 2.05) is 31.2 Å². The molecule has 3 aromatic rings. The van der Waals surface area contributed by atoms with Crippen LogP contribution in [0.3, 0.4) is 0 Å². The van der Waals surface area contributed by atoms with Crippen molar-refractivity contribution in [3.8, 4) is 5.69 Å². The number of carbonyl (C=O) groups is 2. The SMILES string of the molecule is Cc1ccccc1NC(=O)C(=O)NCc1ccn(-c2ccc(Cl)cc2)n1. The quantitative estimate of drug-likeness (QED) is 0.695. The minimum absolute atomic E-state index is 0.153. The minimum atomic E-state index is -0.714. The van der Waals surface area contributed by atoms with Crippen LogP contribution in [0.25, 0.3) is 5.69 Å². The summed E-state index contributed by atoms with van der Waals surface area (Å²) in [4.78, 5) is 24.0. The third-order valence-corrected chi connectivity index (χ3v) is 4.02. The molecule has 26 heavy (non-hydrogen) atoms. The molecule has 0 saturated carbocycles. The van der Waals surface area contributed by atoms with Crippen LogP contribution in [0.15, 0.2) is 60.8 Å². The van der Waals surface area contributed by atoms with E-state index in [2.05, 4.69) is 15.7 Å². The van der Waals surface area contributed by atoms with E-state index in [4.69, 9.17) is 11.6 Å². The van der Waals surface area contributed by atoms with Gasteiger partial charge < -0.3 is 10.6 Å². The lowest BCUT2D eigenvalue weighted by Crippen LogP contribution is -2.35. The van der Waals surface area contributed by atoms with Crippen molar-refractivity contribution in [2.75, 3.05) is 5.32 Å². The zero-order valence-electron chi connectivity index (χ0n) is 14.1. The second-order valence-corrected chi connectivity index (χ2v) is 6.12. The van der Waals surface area contributed by atoms with Gasteiger partial charge in [-0.3, -0.25) is 9.59 Å². The molecule has 2 N–H and O–H groups in total. The van der Waals surface area contributed by atoms with Gasteiger partial charge in [-0.1, -0.05) is 29.8 Å².